The molecule has 0 radical (unpaired) electrons. The van der Waals surface area contributed by atoms with Crippen LogP contribution in [0.1, 0.15) is 31.2 Å². The number of anilines is 2. The Balaban J connectivity index is 1.29. The topological polar surface area (TPSA) is 106 Å². The van der Waals surface area contributed by atoms with E-state index >= 15 is 0 Å². The van der Waals surface area contributed by atoms with Crippen molar-refractivity contribution in [3.8, 4) is 5.75 Å². The minimum Gasteiger partial charge on any atom is -0.484 e. The van der Waals surface area contributed by atoms with Crippen molar-refractivity contribution in [1.29, 1.82) is 0 Å². The molecule has 9 heteroatoms. The fraction of sp³-hybridized carbons (Fsp3) is 0.241. The van der Waals surface area contributed by atoms with Crippen molar-refractivity contribution in [3.63, 3.8) is 0 Å². The average molecular weight is 534 g/mol. The first-order chi connectivity index (χ1) is 18.5. The molecular formula is C29H31N3O5S. The summed E-state index contributed by atoms with van der Waals surface area (Å²) in [6, 6.07) is 26.0. The second kappa shape index (κ2) is 15.8. The molecule has 0 atom stereocenters. The van der Waals surface area contributed by atoms with Gasteiger partial charge in [0.05, 0.1) is 6.61 Å². The molecule has 0 saturated heterocycles. The molecule has 0 aliphatic rings. The third kappa shape index (κ3) is 11.2. The van der Waals surface area contributed by atoms with Crippen molar-refractivity contribution in [2.75, 3.05) is 23.8 Å². The molecule has 3 aromatic carbocycles. The Bertz CT molecular complexity index is 1210. The summed E-state index contributed by atoms with van der Waals surface area (Å²) in [4.78, 5) is 36.2. The van der Waals surface area contributed by atoms with Gasteiger partial charge in [-0.2, -0.15) is 0 Å². The van der Waals surface area contributed by atoms with E-state index in [0.29, 0.717) is 30.2 Å². The first kappa shape index (κ1) is 28.3. The second-order valence-electron chi connectivity index (χ2n) is 8.40. The summed E-state index contributed by atoms with van der Waals surface area (Å²) >= 11 is 5.21. The number of hydrogen-bond donors (Lipinski definition) is 3. The van der Waals surface area contributed by atoms with Gasteiger partial charge in [0.25, 0.3) is 5.91 Å². The predicted molar refractivity (Wildman–Crippen MR) is 151 cm³/mol. The normalized spacial score (nSPS) is 10.2. The molecule has 0 aromatic heterocycles. The van der Waals surface area contributed by atoms with Gasteiger partial charge in [0.15, 0.2) is 11.7 Å². The highest BCUT2D eigenvalue weighted by atomic mass is 32.1. The zero-order chi connectivity index (χ0) is 27.0. The number of para-hydroxylation sites is 1. The highest BCUT2D eigenvalue weighted by Crippen LogP contribution is 2.15. The minimum atomic E-state index is -0.320. The lowest BCUT2D eigenvalue weighted by Gasteiger charge is -2.12. The van der Waals surface area contributed by atoms with Gasteiger partial charge in [-0.15, -0.1) is 0 Å². The molecule has 2 amide bonds. The van der Waals surface area contributed by atoms with Crippen molar-refractivity contribution < 1.29 is 23.9 Å². The van der Waals surface area contributed by atoms with Gasteiger partial charge >= 0.3 is 5.97 Å². The molecule has 0 bridgehead atoms. The molecule has 0 saturated carbocycles. The molecule has 38 heavy (non-hydrogen) atoms. The standard InChI is InChI=1S/C29H31N3O5S/c33-26(17-8-18-28(35)36-19-9-12-22-10-3-1-4-11-22)32-29(38)31-24-14-7-13-23(20-24)30-27(34)21-37-25-15-5-2-6-16-25/h1-7,10-11,13-16,20H,8-9,12,17-19,21H2,(H,30,34)(H2,31,32,33,38). The second-order valence-corrected chi connectivity index (χ2v) is 8.80. The van der Waals surface area contributed by atoms with Crippen molar-refractivity contribution in [2.24, 2.45) is 0 Å². The van der Waals surface area contributed by atoms with Gasteiger partial charge in [0, 0.05) is 24.2 Å². The van der Waals surface area contributed by atoms with E-state index in [1.807, 2.05) is 48.5 Å². The van der Waals surface area contributed by atoms with E-state index in [-0.39, 0.29) is 42.3 Å². The Hall–Kier alpha value is -4.24. The lowest BCUT2D eigenvalue weighted by molar-refractivity contribution is -0.143. The number of carbonyl (C=O) groups excluding carboxylic acids is 3. The van der Waals surface area contributed by atoms with Gasteiger partial charge in [0.1, 0.15) is 5.75 Å². The summed E-state index contributed by atoms with van der Waals surface area (Å²) < 4.78 is 10.7. The molecule has 0 aliphatic carbocycles. The maximum atomic E-state index is 12.2. The highest BCUT2D eigenvalue weighted by molar-refractivity contribution is 7.80. The quantitative estimate of drug-likeness (QED) is 0.164. The van der Waals surface area contributed by atoms with Gasteiger partial charge in [-0.3, -0.25) is 14.4 Å². The van der Waals surface area contributed by atoms with E-state index in [0.717, 1.165) is 12.8 Å². The highest BCUT2D eigenvalue weighted by Gasteiger charge is 2.09. The largest absolute Gasteiger partial charge is 0.484 e. The van der Waals surface area contributed by atoms with E-state index in [4.69, 9.17) is 21.7 Å². The number of esters is 1. The van der Waals surface area contributed by atoms with Crippen LogP contribution >= 0.6 is 12.2 Å². The molecule has 198 valence electrons. The molecule has 8 nitrogen and oxygen atoms in total. The van der Waals surface area contributed by atoms with Gasteiger partial charge in [-0.05, 0) is 67.4 Å². The Morgan fingerprint density at radius 2 is 1.42 bits per heavy atom. The van der Waals surface area contributed by atoms with E-state index in [1.54, 1.807) is 36.4 Å². The Kier molecular flexibility index (Phi) is 11.8. The zero-order valence-electron chi connectivity index (χ0n) is 21.0. The number of rotatable bonds is 13. The van der Waals surface area contributed by atoms with Crippen LogP contribution in [0.25, 0.3) is 0 Å². The van der Waals surface area contributed by atoms with E-state index in [2.05, 4.69) is 16.0 Å². The number of ether oxygens (including phenoxy) is 2. The maximum absolute atomic E-state index is 12.2. The third-order valence-electron chi connectivity index (χ3n) is 5.27. The van der Waals surface area contributed by atoms with Crippen LogP contribution in [0.2, 0.25) is 0 Å². The van der Waals surface area contributed by atoms with Crippen LogP contribution in [-0.2, 0) is 25.5 Å². The summed E-state index contributed by atoms with van der Waals surface area (Å²) in [6.07, 6.45) is 2.26. The van der Waals surface area contributed by atoms with E-state index < -0.39 is 0 Å². The zero-order valence-corrected chi connectivity index (χ0v) is 21.8. The van der Waals surface area contributed by atoms with Crippen LogP contribution in [0.3, 0.4) is 0 Å². The molecule has 0 spiro atoms. The van der Waals surface area contributed by atoms with E-state index in [9.17, 15) is 14.4 Å². The molecular weight excluding hydrogens is 502 g/mol. The van der Waals surface area contributed by atoms with Gasteiger partial charge in [-0.25, -0.2) is 0 Å². The summed E-state index contributed by atoms with van der Waals surface area (Å²) in [7, 11) is 0. The Morgan fingerprint density at radius 3 is 2.16 bits per heavy atom. The third-order valence-corrected chi connectivity index (χ3v) is 5.47. The summed E-state index contributed by atoms with van der Waals surface area (Å²) in [5.41, 5.74) is 2.35. The van der Waals surface area contributed by atoms with Crippen molar-refractivity contribution >= 4 is 46.5 Å². The van der Waals surface area contributed by atoms with Gasteiger partial charge in [0.2, 0.25) is 5.91 Å². The van der Waals surface area contributed by atoms with Crippen molar-refractivity contribution in [2.45, 2.75) is 32.1 Å². The van der Waals surface area contributed by atoms with Crippen LogP contribution < -0.4 is 20.7 Å². The average Bonchev–Trinajstić information content (AvgIpc) is 2.91. The summed E-state index contributed by atoms with van der Waals surface area (Å²) in [5.74, 6) is -0.326. The molecule has 0 aliphatic heterocycles. The summed E-state index contributed by atoms with van der Waals surface area (Å²) in [5, 5.41) is 8.38. The maximum Gasteiger partial charge on any atom is 0.305 e. The number of nitrogens with one attached hydrogen (secondary N) is 3. The molecule has 3 aromatic rings. The molecule has 0 unspecified atom stereocenters. The lowest BCUT2D eigenvalue weighted by atomic mass is 10.1. The molecule has 3 N–H and O–H groups in total. The van der Waals surface area contributed by atoms with Crippen LogP contribution in [0.15, 0.2) is 84.9 Å². The summed E-state index contributed by atoms with van der Waals surface area (Å²) in [6.45, 7) is 0.227. The number of amides is 2. The fourth-order valence-electron chi connectivity index (χ4n) is 3.46. The lowest BCUT2D eigenvalue weighted by Crippen LogP contribution is -2.34. The van der Waals surface area contributed by atoms with E-state index in [1.165, 1.54) is 5.56 Å². The van der Waals surface area contributed by atoms with Crippen LogP contribution in [0.5, 0.6) is 5.75 Å². The van der Waals surface area contributed by atoms with Gasteiger partial charge in [-0.1, -0.05) is 54.6 Å². The smallest absolute Gasteiger partial charge is 0.305 e. The fourth-order valence-corrected chi connectivity index (χ4v) is 3.69. The molecule has 0 heterocycles. The predicted octanol–water partition coefficient (Wildman–Crippen LogP) is 4.86. The van der Waals surface area contributed by atoms with Gasteiger partial charge < -0.3 is 25.4 Å². The number of carbonyl (C=O) groups is 3. The minimum absolute atomic E-state index is 0.120. The first-order valence-electron chi connectivity index (χ1n) is 12.4. The number of hydrogen-bond acceptors (Lipinski definition) is 6. The number of thiocarbonyl (C=S) groups is 1. The van der Waals surface area contributed by atoms with Crippen LogP contribution in [-0.4, -0.2) is 36.1 Å². The van der Waals surface area contributed by atoms with Crippen molar-refractivity contribution in [1.82, 2.24) is 5.32 Å². The van der Waals surface area contributed by atoms with Crippen LogP contribution in [0.4, 0.5) is 11.4 Å². The Morgan fingerprint density at radius 1 is 0.737 bits per heavy atom. The monoisotopic (exact) mass is 533 g/mol. The van der Waals surface area contributed by atoms with Crippen molar-refractivity contribution in [3.05, 3.63) is 90.5 Å². The molecule has 3 rings (SSSR count). The molecule has 0 fully saturated rings. The number of aryl methyl sites for hydroxylation is 1. The Labute approximate surface area is 227 Å². The SMILES string of the molecule is O=C(CCCC(=O)OCCCc1ccccc1)NC(=S)Nc1cccc(NC(=O)COc2ccccc2)c1. The van der Waals surface area contributed by atoms with Crippen LogP contribution in [0, 0.1) is 0 Å². The number of benzene rings is 3. The first-order valence-corrected chi connectivity index (χ1v) is 12.8.